The minimum absolute atomic E-state index is 0.0211. The molecule has 2 aromatic rings. The van der Waals surface area contributed by atoms with E-state index in [-0.39, 0.29) is 28.2 Å². The van der Waals surface area contributed by atoms with Gasteiger partial charge in [-0.3, -0.25) is 9.52 Å². The summed E-state index contributed by atoms with van der Waals surface area (Å²) in [4.78, 5) is 12.8. The van der Waals surface area contributed by atoms with Crippen molar-refractivity contribution in [2.75, 3.05) is 17.9 Å². The fourth-order valence-electron chi connectivity index (χ4n) is 3.07. The fourth-order valence-corrected chi connectivity index (χ4v) is 4.48. The number of ether oxygens (including phenoxy) is 1. The van der Waals surface area contributed by atoms with Crippen molar-refractivity contribution in [2.45, 2.75) is 37.7 Å². The molecule has 2 aromatic carbocycles. The summed E-state index contributed by atoms with van der Waals surface area (Å²) < 4.78 is 33.8. The molecule has 27 heavy (non-hydrogen) atoms. The summed E-state index contributed by atoms with van der Waals surface area (Å²) in [5.41, 5.74) is 2.03. The maximum absolute atomic E-state index is 12.9. The number of amides is 1. The summed E-state index contributed by atoms with van der Waals surface area (Å²) in [6, 6.07) is 11.8. The quantitative estimate of drug-likeness (QED) is 0.797. The van der Waals surface area contributed by atoms with Crippen LogP contribution >= 0.6 is 0 Å². The summed E-state index contributed by atoms with van der Waals surface area (Å²) in [5, 5.41) is 2.83. The molecule has 1 fully saturated rings. The lowest BCUT2D eigenvalue weighted by Crippen LogP contribution is -2.32. The second-order valence-electron chi connectivity index (χ2n) is 6.77. The van der Waals surface area contributed by atoms with Crippen LogP contribution in [-0.4, -0.2) is 33.6 Å². The predicted octanol–water partition coefficient (Wildman–Crippen LogP) is 3.01. The topological polar surface area (TPSA) is 84.5 Å². The molecule has 1 aliphatic heterocycles. The lowest BCUT2D eigenvalue weighted by atomic mass is 10.1. The van der Waals surface area contributed by atoms with Gasteiger partial charge in [-0.1, -0.05) is 24.3 Å². The molecule has 0 aliphatic carbocycles. The third kappa shape index (κ3) is 4.67. The Hall–Kier alpha value is -2.38. The van der Waals surface area contributed by atoms with Crippen molar-refractivity contribution in [3.05, 3.63) is 59.2 Å². The molecule has 144 valence electrons. The molecule has 1 atom stereocenters. The van der Waals surface area contributed by atoms with Gasteiger partial charge < -0.3 is 10.1 Å². The van der Waals surface area contributed by atoms with Gasteiger partial charge >= 0.3 is 0 Å². The zero-order valence-electron chi connectivity index (χ0n) is 15.5. The summed E-state index contributed by atoms with van der Waals surface area (Å²) in [7, 11) is -3.81. The minimum atomic E-state index is -3.81. The van der Waals surface area contributed by atoms with E-state index in [4.69, 9.17) is 4.74 Å². The highest BCUT2D eigenvalue weighted by Crippen LogP contribution is 2.23. The average Bonchev–Trinajstić information content (AvgIpc) is 3.15. The van der Waals surface area contributed by atoms with Crippen LogP contribution < -0.4 is 10.0 Å². The van der Waals surface area contributed by atoms with Gasteiger partial charge in [0.25, 0.3) is 15.9 Å². The second kappa shape index (κ2) is 8.10. The molecular weight excluding hydrogens is 364 g/mol. The SMILES string of the molecule is Cc1ccc(C)c(S(=O)(=O)Nc2ccccc2C(=O)NC[C@H]2CCCO2)c1. The first-order valence-corrected chi connectivity index (χ1v) is 10.4. The van der Waals surface area contributed by atoms with E-state index < -0.39 is 10.0 Å². The summed E-state index contributed by atoms with van der Waals surface area (Å²) in [5.74, 6) is -0.329. The van der Waals surface area contributed by atoms with Crippen molar-refractivity contribution in [3.63, 3.8) is 0 Å². The van der Waals surface area contributed by atoms with Crippen molar-refractivity contribution < 1.29 is 17.9 Å². The largest absolute Gasteiger partial charge is 0.376 e. The van der Waals surface area contributed by atoms with Gasteiger partial charge in [-0.15, -0.1) is 0 Å². The molecule has 1 amide bonds. The van der Waals surface area contributed by atoms with Crippen molar-refractivity contribution in [2.24, 2.45) is 0 Å². The molecule has 0 aromatic heterocycles. The number of para-hydroxylation sites is 1. The third-order valence-corrected chi connectivity index (χ3v) is 6.07. The molecule has 0 spiro atoms. The van der Waals surface area contributed by atoms with Gasteiger partial charge in [0.05, 0.1) is 22.3 Å². The monoisotopic (exact) mass is 388 g/mol. The van der Waals surface area contributed by atoms with Gasteiger partial charge in [0.2, 0.25) is 0 Å². The van der Waals surface area contributed by atoms with Crippen LogP contribution in [0, 0.1) is 13.8 Å². The van der Waals surface area contributed by atoms with Crippen LogP contribution in [0.1, 0.15) is 34.3 Å². The van der Waals surface area contributed by atoms with E-state index in [2.05, 4.69) is 10.0 Å². The Kier molecular flexibility index (Phi) is 5.82. The molecule has 1 saturated heterocycles. The van der Waals surface area contributed by atoms with E-state index >= 15 is 0 Å². The normalized spacial score (nSPS) is 16.9. The van der Waals surface area contributed by atoms with Crippen LogP contribution in [0.5, 0.6) is 0 Å². The number of hydrogen-bond donors (Lipinski definition) is 2. The maximum Gasteiger partial charge on any atom is 0.262 e. The number of carbonyl (C=O) groups is 1. The Morgan fingerprint density at radius 3 is 2.70 bits per heavy atom. The van der Waals surface area contributed by atoms with E-state index in [1.54, 1.807) is 43.3 Å². The molecule has 0 bridgehead atoms. The van der Waals surface area contributed by atoms with Crippen LogP contribution in [0.25, 0.3) is 0 Å². The van der Waals surface area contributed by atoms with Crippen molar-refractivity contribution in [1.82, 2.24) is 5.32 Å². The zero-order chi connectivity index (χ0) is 19.4. The van der Waals surface area contributed by atoms with E-state index in [0.717, 1.165) is 18.4 Å². The lowest BCUT2D eigenvalue weighted by Gasteiger charge is -2.15. The summed E-state index contributed by atoms with van der Waals surface area (Å²) >= 11 is 0. The van der Waals surface area contributed by atoms with Gasteiger partial charge in [-0.25, -0.2) is 8.42 Å². The predicted molar refractivity (Wildman–Crippen MR) is 104 cm³/mol. The first-order chi connectivity index (χ1) is 12.9. The zero-order valence-corrected chi connectivity index (χ0v) is 16.3. The molecule has 7 heteroatoms. The number of hydrogen-bond acceptors (Lipinski definition) is 4. The van der Waals surface area contributed by atoms with Crippen molar-refractivity contribution in [3.8, 4) is 0 Å². The van der Waals surface area contributed by atoms with Crippen LogP contribution in [0.15, 0.2) is 47.4 Å². The molecular formula is C20H24N2O4S. The molecule has 0 saturated carbocycles. The Morgan fingerprint density at radius 2 is 1.96 bits per heavy atom. The van der Waals surface area contributed by atoms with Gasteiger partial charge in [0.15, 0.2) is 0 Å². The van der Waals surface area contributed by atoms with Gasteiger partial charge in [0.1, 0.15) is 0 Å². The number of nitrogens with one attached hydrogen (secondary N) is 2. The first kappa shape index (κ1) is 19.4. The highest BCUT2D eigenvalue weighted by molar-refractivity contribution is 7.92. The summed E-state index contributed by atoms with van der Waals surface area (Å²) in [6.07, 6.45) is 1.93. The number of anilines is 1. The Morgan fingerprint density at radius 1 is 1.19 bits per heavy atom. The Balaban J connectivity index is 1.80. The molecule has 2 N–H and O–H groups in total. The molecule has 1 heterocycles. The number of benzene rings is 2. The highest BCUT2D eigenvalue weighted by Gasteiger charge is 2.21. The second-order valence-corrected chi connectivity index (χ2v) is 8.42. The fraction of sp³-hybridized carbons (Fsp3) is 0.350. The molecule has 0 radical (unpaired) electrons. The molecule has 6 nitrogen and oxygen atoms in total. The molecule has 1 aliphatic rings. The summed E-state index contributed by atoms with van der Waals surface area (Å²) in [6.45, 7) is 4.71. The number of carbonyl (C=O) groups excluding carboxylic acids is 1. The Bertz CT molecular complexity index is 935. The first-order valence-electron chi connectivity index (χ1n) is 8.96. The van der Waals surface area contributed by atoms with Crippen LogP contribution in [0.3, 0.4) is 0 Å². The van der Waals surface area contributed by atoms with Crippen molar-refractivity contribution in [1.29, 1.82) is 0 Å². The Labute approximate surface area is 160 Å². The number of sulfonamides is 1. The highest BCUT2D eigenvalue weighted by atomic mass is 32.2. The third-order valence-electron chi connectivity index (χ3n) is 4.56. The average molecular weight is 388 g/mol. The van der Waals surface area contributed by atoms with Gasteiger partial charge in [-0.2, -0.15) is 0 Å². The van der Waals surface area contributed by atoms with E-state index in [9.17, 15) is 13.2 Å². The molecule has 3 rings (SSSR count). The van der Waals surface area contributed by atoms with E-state index in [1.807, 2.05) is 13.0 Å². The van der Waals surface area contributed by atoms with Gasteiger partial charge in [0, 0.05) is 13.2 Å². The lowest BCUT2D eigenvalue weighted by molar-refractivity contribution is 0.0858. The molecule has 0 unspecified atom stereocenters. The number of rotatable bonds is 6. The van der Waals surface area contributed by atoms with Crippen LogP contribution in [0.4, 0.5) is 5.69 Å². The van der Waals surface area contributed by atoms with Gasteiger partial charge in [-0.05, 0) is 56.0 Å². The maximum atomic E-state index is 12.9. The van der Waals surface area contributed by atoms with E-state index in [1.165, 1.54) is 0 Å². The number of aryl methyl sites for hydroxylation is 2. The smallest absolute Gasteiger partial charge is 0.262 e. The van der Waals surface area contributed by atoms with Crippen molar-refractivity contribution >= 4 is 21.6 Å². The van der Waals surface area contributed by atoms with Crippen LogP contribution in [-0.2, 0) is 14.8 Å². The van der Waals surface area contributed by atoms with E-state index in [0.29, 0.717) is 18.7 Å². The standard InChI is InChI=1S/C20H24N2O4S/c1-14-9-10-15(2)19(12-14)27(24,25)22-18-8-4-3-7-17(18)20(23)21-13-16-6-5-11-26-16/h3-4,7-10,12,16,22H,5-6,11,13H2,1-2H3,(H,21,23)/t16-/m1/s1. The van der Waals surface area contributed by atoms with Crippen LogP contribution in [0.2, 0.25) is 0 Å². The minimum Gasteiger partial charge on any atom is -0.376 e.